The van der Waals surface area contributed by atoms with Gasteiger partial charge in [-0.2, -0.15) is 0 Å². The highest BCUT2D eigenvalue weighted by Crippen LogP contribution is 2.26. The highest BCUT2D eigenvalue weighted by Gasteiger charge is 2.44. The molecule has 0 aliphatic carbocycles. The first-order valence-corrected chi connectivity index (χ1v) is 4.08. The van der Waals surface area contributed by atoms with Gasteiger partial charge in [-0.15, -0.1) is 0 Å². The Morgan fingerprint density at radius 3 is 2.38 bits per heavy atom. The Bertz CT molecular complexity index is 213. The third-order valence-corrected chi connectivity index (χ3v) is 1.92. The summed E-state index contributed by atoms with van der Waals surface area (Å²) in [6, 6.07) is -1.10. The van der Waals surface area contributed by atoms with Gasteiger partial charge in [-0.1, -0.05) is 0 Å². The molecule has 1 rings (SSSR count). The average Bonchev–Trinajstić information content (AvgIpc) is 2.28. The van der Waals surface area contributed by atoms with Crippen LogP contribution < -0.4 is 0 Å². The lowest BCUT2D eigenvalue weighted by Gasteiger charge is -2.33. The van der Waals surface area contributed by atoms with Crippen molar-refractivity contribution in [2.45, 2.75) is 38.8 Å². The molecule has 1 aliphatic heterocycles. The second-order valence-electron chi connectivity index (χ2n) is 4.02. The summed E-state index contributed by atoms with van der Waals surface area (Å²) in [7, 11) is 0. The maximum Gasteiger partial charge on any atom is 0.410 e. The maximum absolute atomic E-state index is 12.4. The van der Waals surface area contributed by atoms with Crippen molar-refractivity contribution in [1.82, 2.24) is 4.90 Å². The molecule has 0 aromatic carbocycles. The van der Waals surface area contributed by atoms with Gasteiger partial charge in [-0.05, 0) is 20.8 Å². The minimum Gasteiger partial charge on any atom is -0.447 e. The summed E-state index contributed by atoms with van der Waals surface area (Å²) >= 11 is 0. The molecule has 0 saturated carbocycles. The number of nitrogens with zero attached hydrogens (tertiary/aromatic N) is 1. The maximum atomic E-state index is 12.4. The van der Waals surface area contributed by atoms with Crippen molar-refractivity contribution < 1.29 is 18.3 Å². The summed E-state index contributed by atoms with van der Waals surface area (Å²) in [4.78, 5) is 12.2. The van der Waals surface area contributed by atoms with Crippen molar-refractivity contribution in [1.29, 1.82) is 0 Å². The minimum absolute atomic E-state index is 0.215. The van der Waals surface area contributed by atoms with Gasteiger partial charge in [-0.3, -0.25) is 4.90 Å². The van der Waals surface area contributed by atoms with Crippen molar-refractivity contribution >= 4 is 6.09 Å². The molecule has 1 amide bonds. The van der Waals surface area contributed by atoms with Crippen molar-refractivity contribution in [2.75, 3.05) is 6.61 Å². The Kier molecular flexibility index (Phi) is 2.45. The molecule has 1 heterocycles. The fourth-order valence-corrected chi connectivity index (χ4v) is 1.39. The topological polar surface area (TPSA) is 29.5 Å². The molecule has 0 N–H and O–H groups in total. The van der Waals surface area contributed by atoms with Crippen LogP contribution in [0.15, 0.2) is 0 Å². The van der Waals surface area contributed by atoms with Crippen LogP contribution in [0.3, 0.4) is 0 Å². The Balaban J connectivity index is 2.84. The van der Waals surface area contributed by atoms with Crippen LogP contribution in [0.4, 0.5) is 13.6 Å². The van der Waals surface area contributed by atoms with Crippen LogP contribution in [0, 0.1) is 0 Å². The number of ether oxygens (including phenoxy) is 1. The summed E-state index contributed by atoms with van der Waals surface area (Å²) in [5.74, 6) is 0. The van der Waals surface area contributed by atoms with Gasteiger partial charge in [0.15, 0.2) is 0 Å². The molecule has 0 spiro atoms. The third kappa shape index (κ3) is 1.89. The molecule has 0 aromatic heterocycles. The van der Waals surface area contributed by atoms with E-state index in [4.69, 9.17) is 0 Å². The molecule has 1 fully saturated rings. The summed E-state index contributed by atoms with van der Waals surface area (Å²) in [6.07, 6.45) is -3.21. The van der Waals surface area contributed by atoms with E-state index in [9.17, 15) is 13.6 Å². The largest absolute Gasteiger partial charge is 0.447 e. The van der Waals surface area contributed by atoms with Crippen molar-refractivity contribution in [3.05, 3.63) is 0 Å². The van der Waals surface area contributed by atoms with E-state index >= 15 is 0 Å². The smallest absolute Gasteiger partial charge is 0.410 e. The average molecular weight is 193 g/mol. The fourth-order valence-electron chi connectivity index (χ4n) is 1.39. The first kappa shape index (κ1) is 10.2. The fraction of sp³-hybridized carbons (Fsp3) is 0.875. The molecule has 0 aromatic rings. The Hall–Kier alpha value is -0.870. The van der Waals surface area contributed by atoms with E-state index in [1.165, 1.54) is 0 Å². The number of cyclic esters (lactones) is 1. The van der Waals surface area contributed by atoms with E-state index < -0.39 is 24.1 Å². The predicted molar refractivity (Wildman–Crippen MR) is 42.7 cm³/mol. The lowest BCUT2D eigenvalue weighted by atomic mass is 10.0. The summed E-state index contributed by atoms with van der Waals surface area (Å²) in [5.41, 5.74) is -0.616. The van der Waals surface area contributed by atoms with Gasteiger partial charge < -0.3 is 4.74 Å². The highest BCUT2D eigenvalue weighted by atomic mass is 19.3. The number of carbonyl (C=O) groups is 1. The second kappa shape index (κ2) is 3.12. The number of amides is 1. The molecule has 13 heavy (non-hydrogen) atoms. The molecule has 1 saturated heterocycles. The van der Waals surface area contributed by atoms with Gasteiger partial charge in [0.1, 0.15) is 12.6 Å². The SMILES string of the molecule is CC(C)(C)N1C(=O)OC[C@@H]1C(F)F. The van der Waals surface area contributed by atoms with Crippen LogP contribution in [0.5, 0.6) is 0 Å². The van der Waals surface area contributed by atoms with Crippen LogP contribution in [-0.4, -0.2) is 35.6 Å². The standard InChI is InChI=1S/C8H13F2NO2/c1-8(2,3)11-5(6(9)10)4-13-7(11)12/h5-6H,4H2,1-3H3/t5-/m1/s1. The van der Waals surface area contributed by atoms with Gasteiger partial charge >= 0.3 is 6.09 Å². The Labute approximate surface area is 75.7 Å². The van der Waals surface area contributed by atoms with Gasteiger partial charge in [0.25, 0.3) is 6.43 Å². The van der Waals surface area contributed by atoms with Crippen molar-refractivity contribution in [3.8, 4) is 0 Å². The molecule has 1 atom stereocenters. The molecule has 0 radical (unpaired) electrons. The summed E-state index contributed by atoms with van der Waals surface area (Å²) in [6.45, 7) is 4.90. The number of alkyl halides is 2. The van der Waals surface area contributed by atoms with Crippen LogP contribution in [0.1, 0.15) is 20.8 Å². The lowest BCUT2D eigenvalue weighted by molar-refractivity contribution is 0.0283. The van der Waals surface area contributed by atoms with Crippen LogP contribution in [0.25, 0.3) is 0 Å². The molecule has 0 unspecified atom stereocenters. The number of hydrogen-bond donors (Lipinski definition) is 0. The zero-order valence-electron chi connectivity index (χ0n) is 7.88. The Morgan fingerprint density at radius 2 is 2.08 bits per heavy atom. The first-order valence-electron chi connectivity index (χ1n) is 4.08. The lowest BCUT2D eigenvalue weighted by Crippen LogP contribution is -2.50. The van der Waals surface area contributed by atoms with Crippen LogP contribution >= 0.6 is 0 Å². The Morgan fingerprint density at radius 1 is 1.54 bits per heavy atom. The first-order chi connectivity index (χ1) is 5.84. The summed E-state index contributed by atoms with van der Waals surface area (Å²) in [5, 5.41) is 0. The molecular weight excluding hydrogens is 180 g/mol. The molecule has 5 heteroatoms. The van der Waals surface area contributed by atoms with Gasteiger partial charge in [0.2, 0.25) is 0 Å². The number of carbonyl (C=O) groups excluding carboxylic acids is 1. The third-order valence-electron chi connectivity index (χ3n) is 1.92. The van der Waals surface area contributed by atoms with Crippen LogP contribution in [-0.2, 0) is 4.74 Å². The second-order valence-corrected chi connectivity index (χ2v) is 4.02. The monoisotopic (exact) mass is 193 g/mol. The molecule has 0 bridgehead atoms. The zero-order chi connectivity index (χ0) is 10.2. The normalized spacial score (nSPS) is 24.0. The van der Waals surface area contributed by atoms with Crippen molar-refractivity contribution in [3.63, 3.8) is 0 Å². The quantitative estimate of drug-likeness (QED) is 0.636. The van der Waals surface area contributed by atoms with E-state index in [1.54, 1.807) is 20.8 Å². The van der Waals surface area contributed by atoms with E-state index in [0.717, 1.165) is 4.90 Å². The summed E-state index contributed by atoms with van der Waals surface area (Å²) < 4.78 is 29.4. The number of halogens is 2. The van der Waals surface area contributed by atoms with E-state index in [1.807, 2.05) is 0 Å². The van der Waals surface area contributed by atoms with Gasteiger partial charge in [-0.25, -0.2) is 13.6 Å². The zero-order valence-corrected chi connectivity index (χ0v) is 7.88. The van der Waals surface area contributed by atoms with E-state index in [2.05, 4.69) is 4.74 Å². The van der Waals surface area contributed by atoms with E-state index in [-0.39, 0.29) is 6.61 Å². The van der Waals surface area contributed by atoms with Crippen LogP contribution in [0.2, 0.25) is 0 Å². The van der Waals surface area contributed by atoms with Gasteiger partial charge in [0, 0.05) is 5.54 Å². The molecule has 76 valence electrons. The number of rotatable bonds is 1. The van der Waals surface area contributed by atoms with Crippen molar-refractivity contribution in [2.24, 2.45) is 0 Å². The molecular formula is C8H13F2NO2. The molecule has 3 nitrogen and oxygen atoms in total. The highest BCUT2D eigenvalue weighted by molar-refractivity contribution is 5.71. The van der Waals surface area contributed by atoms with Gasteiger partial charge in [0.05, 0.1) is 0 Å². The predicted octanol–water partition coefficient (Wildman–Crippen LogP) is 1.87. The molecule has 1 aliphatic rings. The number of hydrogen-bond acceptors (Lipinski definition) is 2. The van der Waals surface area contributed by atoms with E-state index in [0.29, 0.717) is 0 Å². The minimum atomic E-state index is -2.55.